The summed E-state index contributed by atoms with van der Waals surface area (Å²) in [6.07, 6.45) is 0. The van der Waals surface area contributed by atoms with Crippen LogP contribution < -0.4 is 4.90 Å². The average Bonchev–Trinajstić information content (AvgIpc) is 3.17. The topological polar surface area (TPSA) is 117 Å². The molecule has 0 spiro atoms. The third-order valence-electron chi connectivity index (χ3n) is 5.46. The summed E-state index contributed by atoms with van der Waals surface area (Å²) in [4.78, 5) is 44.0. The number of carbonyl (C=O) groups is 2. The molecule has 0 N–H and O–H groups in total. The highest BCUT2D eigenvalue weighted by atomic mass is 16.6. The molecule has 1 aromatic heterocycles. The summed E-state index contributed by atoms with van der Waals surface area (Å²) in [6.45, 7) is 2.10. The van der Waals surface area contributed by atoms with Crippen molar-refractivity contribution in [3.63, 3.8) is 0 Å². The number of hydrogen-bond acceptors (Lipinski definition) is 7. The Morgan fingerprint density at radius 2 is 1.91 bits per heavy atom. The van der Waals surface area contributed by atoms with E-state index in [0.717, 1.165) is 0 Å². The van der Waals surface area contributed by atoms with Gasteiger partial charge >= 0.3 is 5.97 Å². The van der Waals surface area contributed by atoms with Crippen LogP contribution in [0.2, 0.25) is 0 Å². The van der Waals surface area contributed by atoms with Crippen LogP contribution in [0.4, 0.5) is 11.6 Å². The Morgan fingerprint density at radius 3 is 2.62 bits per heavy atom. The number of amides is 1. The van der Waals surface area contributed by atoms with Crippen molar-refractivity contribution in [3.8, 4) is 0 Å². The fourth-order valence-corrected chi connectivity index (χ4v) is 4.12. The molecule has 2 atom stereocenters. The molecular formula is C22H22N4O6. The predicted molar refractivity (Wildman–Crippen MR) is 115 cm³/mol. The van der Waals surface area contributed by atoms with E-state index in [1.165, 1.54) is 18.1 Å². The van der Waals surface area contributed by atoms with Crippen LogP contribution in [-0.2, 0) is 19.1 Å². The molecule has 1 aliphatic rings. The summed E-state index contributed by atoms with van der Waals surface area (Å²) in [6, 6.07) is 12.3. The summed E-state index contributed by atoms with van der Waals surface area (Å²) < 4.78 is 12.1. The normalized spacial score (nSPS) is 17.9. The molecule has 10 heteroatoms. The molecule has 166 valence electrons. The van der Waals surface area contributed by atoms with Crippen LogP contribution in [0, 0.1) is 16.0 Å². The second-order valence-electron chi connectivity index (χ2n) is 7.24. The van der Waals surface area contributed by atoms with Gasteiger partial charge in [0.1, 0.15) is 0 Å². The van der Waals surface area contributed by atoms with Gasteiger partial charge in [-0.1, -0.05) is 30.3 Å². The van der Waals surface area contributed by atoms with Crippen molar-refractivity contribution >= 4 is 34.5 Å². The molecule has 10 nitrogen and oxygen atoms in total. The standard InChI is InChI=1S/C22H22N4O6/c1-3-32-21(28)18-19(14-8-4-6-10-16(14)26(29)30)25-17-11-7-5-9-15(17)23-22(25)24(20(18)27)12-13-31-2/h4-11,18-19H,3,12-13H2,1-2H3. The van der Waals surface area contributed by atoms with Crippen molar-refractivity contribution in [2.75, 3.05) is 31.8 Å². The minimum absolute atomic E-state index is 0.0713. The number of carbonyl (C=O) groups excluding carboxylic acids is 2. The lowest BCUT2D eigenvalue weighted by Gasteiger charge is -2.37. The highest BCUT2D eigenvalue weighted by molar-refractivity contribution is 6.08. The Bertz CT molecular complexity index is 1190. The van der Waals surface area contributed by atoms with Crippen molar-refractivity contribution in [2.24, 2.45) is 5.92 Å². The zero-order valence-electron chi connectivity index (χ0n) is 17.6. The fourth-order valence-electron chi connectivity index (χ4n) is 4.12. The lowest BCUT2D eigenvalue weighted by atomic mass is 9.88. The Balaban J connectivity index is 2.03. The number of esters is 1. The summed E-state index contributed by atoms with van der Waals surface area (Å²) in [5.41, 5.74) is 1.30. The predicted octanol–water partition coefficient (Wildman–Crippen LogP) is 2.71. The van der Waals surface area contributed by atoms with Gasteiger partial charge in [-0.05, 0) is 19.1 Å². The maximum atomic E-state index is 13.6. The first-order valence-electron chi connectivity index (χ1n) is 10.2. The van der Waals surface area contributed by atoms with Crippen LogP contribution in [0.15, 0.2) is 48.5 Å². The number of aromatic nitrogens is 2. The SMILES string of the molecule is CCOC(=O)C1C(=O)N(CCOC)c2nc3ccccc3n2C1c1ccccc1[N+](=O)[O-]. The molecule has 2 aromatic carbocycles. The average molecular weight is 438 g/mol. The van der Waals surface area contributed by atoms with E-state index in [0.29, 0.717) is 17.0 Å². The summed E-state index contributed by atoms with van der Waals surface area (Å²) >= 11 is 0. The molecule has 0 saturated carbocycles. The zero-order chi connectivity index (χ0) is 22.8. The molecule has 1 amide bonds. The maximum absolute atomic E-state index is 13.6. The molecule has 2 unspecified atom stereocenters. The molecule has 0 aliphatic carbocycles. The van der Waals surface area contributed by atoms with Crippen molar-refractivity contribution in [3.05, 3.63) is 64.2 Å². The van der Waals surface area contributed by atoms with Gasteiger partial charge in [-0.3, -0.25) is 24.6 Å². The third-order valence-corrected chi connectivity index (χ3v) is 5.46. The van der Waals surface area contributed by atoms with E-state index in [1.807, 2.05) is 12.1 Å². The number of para-hydroxylation sites is 3. The van der Waals surface area contributed by atoms with Crippen molar-refractivity contribution in [2.45, 2.75) is 13.0 Å². The van der Waals surface area contributed by atoms with Crippen LogP contribution in [-0.4, -0.2) is 53.2 Å². The second-order valence-corrected chi connectivity index (χ2v) is 7.24. The molecule has 0 radical (unpaired) electrons. The molecule has 0 fully saturated rings. The van der Waals surface area contributed by atoms with E-state index in [9.17, 15) is 19.7 Å². The van der Waals surface area contributed by atoms with E-state index in [1.54, 1.807) is 41.8 Å². The number of benzene rings is 2. The quantitative estimate of drug-likeness (QED) is 0.241. The number of methoxy groups -OCH3 is 1. The molecule has 0 saturated heterocycles. The number of nitrogens with zero attached hydrogens (tertiary/aromatic N) is 4. The molecule has 1 aliphatic heterocycles. The van der Waals surface area contributed by atoms with Gasteiger partial charge in [0, 0.05) is 13.2 Å². The van der Waals surface area contributed by atoms with E-state index in [4.69, 9.17) is 9.47 Å². The van der Waals surface area contributed by atoms with Crippen LogP contribution in [0.5, 0.6) is 0 Å². The van der Waals surface area contributed by atoms with Gasteiger partial charge in [0.05, 0.1) is 47.3 Å². The van der Waals surface area contributed by atoms with Gasteiger partial charge in [-0.25, -0.2) is 4.98 Å². The van der Waals surface area contributed by atoms with E-state index < -0.39 is 28.8 Å². The molecule has 2 heterocycles. The Labute approximate surface area is 183 Å². The molecular weight excluding hydrogens is 416 g/mol. The highest BCUT2D eigenvalue weighted by Crippen LogP contribution is 2.43. The second kappa shape index (κ2) is 8.75. The van der Waals surface area contributed by atoms with Crippen molar-refractivity contribution in [1.82, 2.24) is 9.55 Å². The first-order chi connectivity index (χ1) is 15.5. The van der Waals surface area contributed by atoms with Gasteiger partial charge in [0.2, 0.25) is 11.9 Å². The Morgan fingerprint density at radius 1 is 1.19 bits per heavy atom. The smallest absolute Gasteiger partial charge is 0.321 e. The Hall–Kier alpha value is -3.79. The summed E-state index contributed by atoms with van der Waals surface area (Å²) in [7, 11) is 1.51. The van der Waals surface area contributed by atoms with Gasteiger partial charge in [0.25, 0.3) is 5.69 Å². The lowest BCUT2D eigenvalue weighted by molar-refractivity contribution is -0.385. The maximum Gasteiger partial charge on any atom is 0.321 e. The van der Waals surface area contributed by atoms with Gasteiger partial charge in [0.15, 0.2) is 5.92 Å². The number of imidazole rings is 1. The lowest BCUT2D eigenvalue weighted by Crippen LogP contribution is -2.51. The van der Waals surface area contributed by atoms with Gasteiger partial charge in [-0.2, -0.15) is 0 Å². The number of fused-ring (bicyclic) bond motifs is 3. The monoisotopic (exact) mass is 438 g/mol. The van der Waals surface area contributed by atoms with Crippen LogP contribution in [0.1, 0.15) is 18.5 Å². The van der Waals surface area contributed by atoms with E-state index in [-0.39, 0.29) is 31.0 Å². The first kappa shape index (κ1) is 21.4. The third kappa shape index (κ3) is 3.48. The number of rotatable bonds is 7. The summed E-state index contributed by atoms with van der Waals surface area (Å²) in [5.74, 6) is -2.30. The highest BCUT2D eigenvalue weighted by Gasteiger charge is 2.49. The Kier molecular flexibility index (Phi) is 5.87. The largest absolute Gasteiger partial charge is 0.465 e. The number of anilines is 1. The number of nitro benzene ring substituents is 1. The van der Waals surface area contributed by atoms with Crippen LogP contribution in [0.25, 0.3) is 11.0 Å². The number of hydrogen-bond donors (Lipinski definition) is 0. The first-order valence-corrected chi connectivity index (χ1v) is 10.2. The molecule has 3 aromatic rings. The zero-order valence-corrected chi connectivity index (χ0v) is 17.6. The molecule has 0 bridgehead atoms. The van der Waals surface area contributed by atoms with Crippen LogP contribution in [0.3, 0.4) is 0 Å². The van der Waals surface area contributed by atoms with Crippen LogP contribution >= 0.6 is 0 Å². The minimum Gasteiger partial charge on any atom is -0.465 e. The number of ether oxygens (including phenoxy) is 2. The van der Waals surface area contributed by atoms with Crippen molar-refractivity contribution in [1.29, 1.82) is 0 Å². The molecule has 4 rings (SSSR count). The minimum atomic E-state index is -1.32. The van der Waals surface area contributed by atoms with E-state index >= 15 is 0 Å². The number of nitro groups is 1. The summed E-state index contributed by atoms with van der Waals surface area (Å²) in [5, 5.41) is 11.8. The molecule has 32 heavy (non-hydrogen) atoms. The van der Waals surface area contributed by atoms with Crippen molar-refractivity contribution < 1.29 is 24.0 Å². The van der Waals surface area contributed by atoms with Gasteiger partial charge in [-0.15, -0.1) is 0 Å². The fraction of sp³-hybridized carbons (Fsp3) is 0.318. The van der Waals surface area contributed by atoms with Gasteiger partial charge < -0.3 is 14.0 Å². The van der Waals surface area contributed by atoms with E-state index in [2.05, 4.69) is 4.98 Å².